The molecule has 2 atom stereocenters. The molecule has 2 rings (SSSR count). The van der Waals surface area contributed by atoms with Crippen LogP contribution in [-0.2, 0) is 4.74 Å². The first-order valence-corrected chi connectivity index (χ1v) is 7.15. The van der Waals surface area contributed by atoms with Gasteiger partial charge in [0.05, 0.1) is 13.2 Å². The highest BCUT2D eigenvalue weighted by molar-refractivity contribution is 5.94. The van der Waals surface area contributed by atoms with Crippen LogP contribution in [0.2, 0.25) is 0 Å². The zero-order chi connectivity index (χ0) is 14.5. The maximum atomic E-state index is 12.1. The summed E-state index contributed by atoms with van der Waals surface area (Å²) in [5.41, 5.74) is 0.658. The minimum atomic E-state index is -0.0398. The van der Waals surface area contributed by atoms with Gasteiger partial charge in [0.1, 0.15) is 5.75 Å². The molecule has 0 unspecified atom stereocenters. The Morgan fingerprint density at radius 2 is 2.10 bits per heavy atom. The summed E-state index contributed by atoms with van der Waals surface area (Å²) in [4.78, 5) is 12.1. The molecule has 1 aromatic carbocycles. The van der Waals surface area contributed by atoms with E-state index in [0.29, 0.717) is 23.9 Å². The average molecular weight is 277 g/mol. The lowest BCUT2D eigenvalue weighted by Crippen LogP contribution is -2.34. The van der Waals surface area contributed by atoms with Gasteiger partial charge in [-0.05, 0) is 36.6 Å². The van der Waals surface area contributed by atoms with Crippen LogP contribution in [0.5, 0.6) is 5.75 Å². The van der Waals surface area contributed by atoms with Crippen molar-refractivity contribution in [3.63, 3.8) is 0 Å². The third-order valence-corrected chi connectivity index (χ3v) is 3.80. The Bertz CT molecular complexity index is 442. The summed E-state index contributed by atoms with van der Waals surface area (Å²) in [5, 5.41) is 3.00. The fraction of sp³-hybridized carbons (Fsp3) is 0.562. The number of nitrogens with one attached hydrogen (secondary N) is 1. The van der Waals surface area contributed by atoms with Gasteiger partial charge in [0.2, 0.25) is 0 Å². The maximum absolute atomic E-state index is 12.1. The Morgan fingerprint density at radius 1 is 1.40 bits per heavy atom. The Labute approximate surface area is 120 Å². The van der Waals surface area contributed by atoms with Crippen LogP contribution in [0, 0.1) is 11.8 Å². The van der Waals surface area contributed by atoms with Gasteiger partial charge in [0, 0.05) is 24.6 Å². The van der Waals surface area contributed by atoms with E-state index in [9.17, 15) is 4.79 Å². The van der Waals surface area contributed by atoms with Crippen molar-refractivity contribution in [2.45, 2.75) is 26.4 Å². The molecule has 1 N–H and O–H groups in total. The molecule has 0 spiro atoms. The molecular weight excluding hydrogens is 254 g/mol. The third kappa shape index (κ3) is 3.51. The molecule has 1 fully saturated rings. The minimum absolute atomic E-state index is 0.0398. The molecule has 1 heterocycles. The summed E-state index contributed by atoms with van der Waals surface area (Å²) in [5.74, 6) is 1.62. The lowest BCUT2D eigenvalue weighted by Gasteiger charge is -2.22. The summed E-state index contributed by atoms with van der Waals surface area (Å²) in [6.45, 7) is 5.79. The number of methoxy groups -OCH3 is 1. The zero-order valence-corrected chi connectivity index (χ0v) is 12.4. The van der Waals surface area contributed by atoms with E-state index in [1.807, 2.05) is 0 Å². The fourth-order valence-electron chi connectivity index (χ4n) is 2.68. The van der Waals surface area contributed by atoms with Gasteiger partial charge in [0.25, 0.3) is 5.91 Å². The van der Waals surface area contributed by atoms with E-state index in [2.05, 4.69) is 19.2 Å². The standard InChI is InChI=1S/C16H23NO3/c1-11(2)15-13(8-9-20-15)10-17-16(18)12-4-6-14(19-3)7-5-12/h4-7,11,13,15H,8-10H2,1-3H3,(H,17,18)/t13-,15-/m1/s1. The number of ether oxygens (including phenoxy) is 2. The summed E-state index contributed by atoms with van der Waals surface area (Å²) in [6.07, 6.45) is 1.28. The third-order valence-electron chi connectivity index (χ3n) is 3.80. The molecule has 0 radical (unpaired) electrons. The topological polar surface area (TPSA) is 47.6 Å². The zero-order valence-electron chi connectivity index (χ0n) is 12.4. The first-order valence-electron chi connectivity index (χ1n) is 7.15. The Kier molecular flexibility index (Phi) is 5.01. The summed E-state index contributed by atoms with van der Waals surface area (Å²) in [6, 6.07) is 7.15. The van der Waals surface area contributed by atoms with Crippen LogP contribution in [0.25, 0.3) is 0 Å². The molecule has 0 bridgehead atoms. The van der Waals surface area contributed by atoms with Crippen LogP contribution in [0.3, 0.4) is 0 Å². The SMILES string of the molecule is COc1ccc(C(=O)NC[C@H]2CCO[C@@H]2C(C)C)cc1. The minimum Gasteiger partial charge on any atom is -0.497 e. The van der Waals surface area contributed by atoms with E-state index >= 15 is 0 Å². The summed E-state index contributed by atoms with van der Waals surface area (Å²) >= 11 is 0. The molecule has 0 saturated carbocycles. The van der Waals surface area contributed by atoms with Crippen molar-refractivity contribution in [2.75, 3.05) is 20.3 Å². The number of carbonyl (C=O) groups is 1. The second-order valence-electron chi connectivity index (χ2n) is 5.57. The molecule has 110 valence electrons. The van der Waals surface area contributed by atoms with Gasteiger partial charge in [-0.25, -0.2) is 0 Å². The van der Waals surface area contributed by atoms with Crippen molar-refractivity contribution in [3.05, 3.63) is 29.8 Å². The summed E-state index contributed by atoms with van der Waals surface area (Å²) < 4.78 is 10.8. The first kappa shape index (κ1) is 14.9. The van der Waals surface area contributed by atoms with Gasteiger partial charge in [-0.2, -0.15) is 0 Å². The van der Waals surface area contributed by atoms with E-state index < -0.39 is 0 Å². The molecule has 1 aromatic rings. The molecule has 4 heteroatoms. The molecule has 1 amide bonds. The molecular formula is C16H23NO3. The molecule has 1 aliphatic heterocycles. The molecule has 0 aromatic heterocycles. The van der Waals surface area contributed by atoms with Crippen molar-refractivity contribution >= 4 is 5.91 Å². The number of carbonyl (C=O) groups excluding carboxylic acids is 1. The second kappa shape index (κ2) is 6.75. The predicted molar refractivity (Wildman–Crippen MR) is 78.0 cm³/mol. The molecule has 20 heavy (non-hydrogen) atoms. The second-order valence-corrected chi connectivity index (χ2v) is 5.57. The van der Waals surface area contributed by atoms with Crippen LogP contribution in [0.15, 0.2) is 24.3 Å². The van der Waals surface area contributed by atoms with E-state index in [1.165, 1.54) is 0 Å². The Morgan fingerprint density at radius 3 is 2.70 bits per heavy atom. The van der Waals surface area contributed by atoms with Crippen molar-refractivity contribution < 1.29 is 14.3 Å². The van der Waals surface area contributed by atoms with Crippen molar-refractivity contribution in [1.82, 2.24) is 5.32 Å². The highest BCUT2D eigenvalue weighted by Gasteiger charge is 2.30. The highest BCUT2D eigenvalue weighted by Crippen LogP contribution is 2.26. The van der Waals surface area contributed by atoms with Gasteiger partial charge in [-0.3, -0.25) is 4.79 Å². The Hall–Kier alpha value is -1.55. The highest BCUT2D eigenvalue weighted by atomic mass is 16.5. The van der Waals surface area contributed by atoms with E-state index in [0.717, 1.165) is 18.8 Å². The lowest BCUT2D eigenvalue weighted by atomic mass is 9.93. The van der Waals surface area contributed by atoms with Crippen LogP contribution in [-0.4, -0.2) is 32.3 Å². The summed E-state index contributed by atoms with van der Waals surface area (Å²) in [7, 11) is 1.61. The number of rotatable bonds is 5. The molecule has 1 saturated heterocycles. The van der Waals surface area contributed by atoms with Crippen LogP contribution >= 0.6 is 0 Å². The van der Waals surface area contributed by atoms with Crippen LogP contribution in [0.4, 0.5) is 0 Å². The first-order chi connectivity index (χ1) is 9.61. The number of hydrogen-bond acceptors (Lipinski definition) is 3. The maximum Gasteiger partial charge on any atom is 0.251 e. The molecule has 0 aliphatic carbocycles. The van der Waals surface area contributed by atoms with Crippen molar-refractivity contribution in [2.24, 2.45) is 11.8 Å². The number of hydrogen-bond donors (Lipinski definition) is 1. The van der Waals surface area contributed by atoms with Gasteiger partial charge < -0.3 is 14.8 Å². The number of benzene rings is 1. The monoisotopic (exact) mass is 277 g/mol. The van der Waals surface area contributed by atoms with Crippen molar-refractivity contribution in [1.29, 1.82) is 0 Å². The predicted octanol–water partition coefficient (Wildman–Crippen LogP) is 2.49. The molecule has 1 aliphatic rings. The quantitative estimate of drug-likeness (QED) is 0.899. The lowest BCUT2D eigenvalue weighted by molar-refractivity contribution is 0.0533. The van der Waals surface area contributed by atoms with Gasteiger partial charge in [-0.15, -0.1) is 0 Å². The fourth-order valence-corrected chi connectivity index (χ4v) is 2.68. The van der Waals surface area contributed by atoms with Crippen LogP contribution < -0.4 is 10.1 Å². The van der Waals surface area contributed by atoms with Gasteiger partial charge in [-0.1, -0.05) is 13.8 Å². The largest absolute Gasteiger partial charge is 0.497 e. The number of amides is 1. The molecule has 4 nitrogen and oxygen atoms in total. The Balaban J connectivity index is 1.88. The van der Waals surface area contributed by atoms with E-state index in [1.54, 1.807) is 31.4 Å². The van der Waals surface area contributed by atoms with E-state index in [-0.39, 0.29) is 12.0 Å². The smallest absolute Gasteiger partial charge is 0.251 e. The average Bonchev–Trinajstić information content (AvgIpc) is 2.93. The van der Waals surface area contributed by atoms with Crippen LogP contribution in [0.1, 0.15) is 30.6 Å². The van der Waals surface area contributed by atoms with Gasteiger partial charge >= 0.3 is 0 Å². The normalized spacial score (nSPS) is 22.0. The van der Waals surface area contributed by atoms with Gasteiger partial charge in [0.15, 0.2) is 0 Å². The van der Waals surface area contributed by atoms with E-state index in [4.69, 9.17) is 9.47 Å². The van der Waals surface area contributed by atoms with Crippen molar-refractivity contribution in [3.8, 4) is 5.75 Å².